The maximum Gasteiger partial charge on any atom is 0.0791 e. The van der Waals surface area contributed by atoms with Gasteiger partial charge in [-0.25, -0.2) is 0 Å². The molecule has 0 spiro atoms. The summed E-state index contributed by atoms with van der Waals surface area (Å²) in [5.74, 6) is 2.04. The van der Waals surface area contributed by atoms with Crippen LogP contribution in [-0.2, 0) is 0 Å². The number of pyridine rings is 1. The fraction of sp³-hybridized carbons (Fsp3) is 0.557. The third-order valence-corrected chi connectivity index (χ3v) is 7.99. The number of benzene rings is 3. The number of fused-ring (bicyclic) bond motifs is 1. The number of aromatic nitrogens is 3. The van der Waals surface area contributed by atoms with E-state index in [1.807, 2.05) is 254 Å². The number of rotatable bonds is 0. The van der Waals surface area contributed by atoms with Crippen LogP contribution >= 0.6 is 34.0 Å². The molecule has 8 rings (SSSR count). The summed E-state index contributed by atoms with van der Waals surface area (Å²) in [5.41, 5.74) is 3.58. The molecule has 4 heterocycles. The Kier molecular flexibility index (Phi) is 258. The third-order valence-electron chi connectivity index (χ3n) is 6.32. The van der Waals surface area contributed by atoms with Gasteiger partial charge < -0.3 is 0 Å². The van der Waals surface area contributed by atoms with E-state index in [0.717, 1.165) is 11.8 Å². The summed E-state index contributed by atoms with van der Waals surface area (Å²) in [6, 6.07) is 38.5. The number of hydrogen-bond acceptors (Lipinski definition) is 6. The van der Waals surface area contributed by atoms with Crippen molar-refractivity contribution in [2.24, 2.45) is 11.8 Å². The van der Waals surface area contributed by atoms with E-state index in [4.69, 9.17) is 0 Å². The minimum absolute atomic E-state index is 0. The first-order valence-electron chi connectivity index (χ1n) is 27.2. The van der Waals surface area contributed by atoms with Gasteiger partial charge in [0.15, 0.2) is 0 Å². The molecule has 0 radical (unpaired) electrons. The van der Waals surface area contributed by atoms with Crippen molar-refractivity contribution in [2.45, 2.75) is 258 Å². The van der Waals surface area contributed by atoms with Crippen molar-refractivity contribution >= 4 is 44.8 Å². The minimum atomic E-state index is 0. The van der Waals surface area contributed by atoms with Crippen LogP contribution in [0.3, 0.4) is 0 Å². The summed E-state index contributed by atoms with van der Waals surface area (Å²) in [5, 5.41) is 10.6. The molecule has 1 aliphatic rings. The van der Waals surface area contributed by atoms with Crippen molar-refractivity contribution in [3.63, 3.8) is 0 Å². The van der Waals surface area contributed by atoms with Crippen molar-refractivity contribution in [3.8, 4) is 0 Å². The zero-order valence-electron chi connectivity index (χ0n) is 50.3. The average molecular weight is 1130 g/mol. The lowest BCUT2D eigenvalue weighted by Crippen LogP contribution is -2.08. The molecule has 0 aliphatic heterocycles. The van der Waals surface area contributed by atoms with E-state index >= 15 is 0 Å². The van der Waals surface area contributed by atoms with E-state index in [9.17, 15) is 0 Å². The van der Waals surface area contributed by atoms with E-state index in [0.29, 0.717) is 0 Å². The quantitative estimate of drug-likeness (QED) is 0.152. The molecule has 1 saturated carbocycles. The van der Waals surface area contributed by atoms with Gasteiger partial charge in [-0.1, -0.05) is 361 Å². The largest absolute Gasteiger partial charge is 0.265 e. The number of nitrogens with zero attached hydrogens (tertiary/aromatic N) is 3. The van der Waals surface area contributed by atoms with Crippen molar-refractivity contribution in [3.05, 3.63) is 173 Å². The maximum atomic E-state index is 3.78. The molecule has 0 amide bonds. The fourth-order valence-electron chi connectivity index (χ4n) is 3.84. The number of hydrogen-bond donors (Lipinski definition) is 0. The Morgan fingerprint density at radius 2 is 0.487 bits per heavy atom. The molecule has 0 atom stereocenters. The SMILES string of the molecule is C.C.C.C.C.C.C.CC.CC.CC.CC.CC.CC.CC.CC.CC.CC.CC.CC.CC1CCC(C)CC1.c1ccc2ccccc2c1.c1ccccc1.c1ccncc1.c1ccsc1.c1cscn1.c1cscn1. The predicted molar refractivity (Wildman–Crippen MR) is 383 cm³/mol. The van der Waals surface area contributed by atoms with Crippen LogP contribution in [0.4, 0.5) is 0 Å². The van der Waals surface area contributed by atoms with Crippen LogP contribution in [0.2, 0.25) is 0 Å². The monoisotopic (exact) mass is 1120 g/mol. The standard InChI is InChI=1S/C10H8.C8H16.C6H6.C5H5N.C4H4S.2C3H3NS.12C2H6.7CH4/c1-2-6-10-8-4-3-7-9(10)5-1;1-7-3-5-8(2)6-4-7;2*1-2-4-6-5-3-1;1-2-4-5-3-1;2*1-2-5-3-4-1;12*1-2;;;;;;;/h1-8H;7-8H,3-6H2,1-2H3;1-6H;1-5H;1-4H;2*1-3H;12*1-2H3;7*1H4. The van der Waals surface area contributed by atoms with Gasteiger partial charge in [-0.05, 0) is 45.5 Å². The second-order valence-corrected chi connectivity index (χ2v) is 12.4. The lowest BCUT2D eigenvalue weighted by molar-refractivity contribution is 0.308. The zero-order valence-corrected chi connectivity index (χ0v) is 52.7. The molecule has 3 nitrogen and oxygen atoms in total. The Labute approximate surface area is 498 Å². The van der Waals surface area contributed by atoms with Crippen LogP contribution in [0.5, 0.6) is 0 Å². The van der Waals surface area contributed by atoms with Gasteiger partial charge in [0, 0.05) is 35.5 Å². The lowest BCUT2D eigenvalue weighted by Gasteiger charge is -2.22. The smallest absolute Gasteiger partial charge is 0.0791 e. The highest BCUT2D eigenvalue weighted by Gasteiger charge is 2.13. The van der Waals surface area contributed by atoms with E-state index in [2.05, 4.69) is 77.3 Å². The molecule has 458 valence electrons. The Bertz CT molecular complexity index is 1200. The predicted octanol–water partition coefficient (Wildman–Crippen LogP) is 29.2. The summed E-state index contributed by atoms with van der Waals surface area (Å²) in [4.78, 5) is 11.3. The lowest BCUT2D eigenvalue weighted by atomic mass is 9.84. The first-order chi connectivity index (χ1) is 34.3. The van der Waals surface area contributed by atoms with Gasteiger partial charge in [-0.3, -0.25) is 15.0 Å². The molecule has 76 heavy (non-hydrogen) atoms. The van der Waals surface area contributed by atoms with Crippen LogP contribution in [0, 0.1) is 11.8 Å². The Morgan fingerprint density at radius 3 is 0.605 bits per heavy atom. The Morgan fingerprint density at radius 1 is 0.263 bits per heavy atom. The van der Waals surface area contributed by atoms with Gasteiger partial charge in [0.2, 0.25) is 0 Å². The molecule has 1 fully saturated rings. The van der Waals surface area contributed by atoms with Gasteiger partial charge >= 0.3 is 0 Å². The summed E-state index contributed by atoms with van der Waals surface area (Å²) in [6.45, 7) is 52.7. The van der Waals surface area contributed by atoms with Gasteiger partial charge in [-0.2, -0.15) is 11.3 Å². The first-order valence-corrected chi connectivity index (χ1v) is 30.0. The molecule has 0 bridgehead atoms. The molecule has 4 aromatic heterocycles. The van der Waals surface area contributed by atoms with Crippen LogP contribution in [0.1, 0.15) is 258 Å². The number of thiophene rings is 1. The van der Waals surface area contributed by atoms with Crippen molar-refractivity contribution in [1.82, 2.24) is 15.0 Å². The Balaban J connectivity index is -0.0000000301. The molecular weight excluding hydrogens is 979 g/mol. The van der Waals surface area contributed by atoms with Crippen LogP contribution in [-0.4, -0.2) is 15.0 Å². The number of thiazole rings is 2. The van der Waals surface area contributed by atoms with E-state index < -0.39 is 0 Å². The topological polar surface area (TPSA) is 38.7 Å². The molecule has 3 aromatic carbocycles. The molecule has 0 saturated heterocycles. The third kappa shape index (κ3) is 128. The van der Waals surface area contributed by atoms with Crippen molar-refractivity contribution in [2.75, 3.05) is 0 Å². The van der Waals surface area contributed by atoms with Gasteiger partial charge in [-0.15, -0.1) is 22.7 Å². The van der Waals surface area contributed by atoms with Gasteiger partial charge in [0.1, 0.15) is 0 Å². The van der Waals surface area contributed by atoms with Gasteiger partial charge in [0.25, 0.3) is 0 Å². The molecule has 1 aliphatic carbocycles. The highest BCUT2D eigenvalue weighted by Crippen LogP contribution is 2.27. The normalized spacial score (nSPS) is 9.29. The fourth-order valence-corrected chi connectivity index (χ4v) is 4.99. The summed E-state index contributed by atoms with van der Waals surface area (Å²) in [6.07, 6.45) is 12.9. The molecule has 0 N–H and O–H groups in total. The van der Waals surface area contributed by atoms with Crippen molar-refractivity contribution < 1.29 is 0 Å². The van der Waals surface area contributed by atoms with Crippen molar-refractivity contribution in [1.29, 1.82) is 0 Å². The van der Waals surface area contributed by atoms with E-state index in [1.54, 1.807) is 69.8 Å². The second-order valence-electron chi connectivity index (χ2n) is 10.0. The summed E-state index contributed by atoms with van der Waals surface area (Å²) in [7, 11) is 0. The first kappa shape index (κ1) is 124. The molecular formula is C70H145N3S3. The highest BCUT2D eigenvalue weighted by molar-refractivity contribution is 7.08. The molecule has 0 unspecified atom stereocenters. The minimum Gasteiger partial charge on any atom is -0.265 e. The highest BCUT2D eigenvalue weighted by atomic mass is 32.1. The Hall–Kier alpha value is -3.97. The maximum absolute atomic E-state index is 3.78. The van der Waals surface area contributed by atoms with Crippen LogP contribution in [0.15, 0.2) is 173 Å². The molecule has 7 aromatic rings. The second kappa shape index (κ2) is 157. The molecule has 6 heteroatoms. The average Bonchev–Trinajstić information content (AvgIpc) is 4.38. The summed E-state index contributed by atoms with van der Waals surface area (Å²) < 4.78 is 0. The zero-order chi connectivity index (χ0) is 55.9. The van der Waals surface area contributed by atoms with Crippen LogP contribution in [0.25, 0.3) is 10.8 Å². The van der Waals surface area contributed by atoms with Crippen LogP contribution < -0.4 is 0 Å². The summed E-state index contributed by atoms with van der Waals surface area (Å²) >= 11 is 4.92. The van der Waals surface area contributed by atoms with Gasteiger partial charge in [0.05, 0.1) is 11.0 Å². The van der Waals surface area contributed by atoms with E-state index in [1.165, 1.54) is 36.5 Å². The van der Waals surface area contributed by atoms with E-state index in [-0.39, 0.29) is 52.0 Å².